The maximum atomic E-state index is 11.2. The number of carbonyl (C=O) groups excluding carboxylic acids is 1. The summed E-state index contributed by atoms with van der Waals surface area (Å²) in [5.41, 5.74) is 3.36. The molecule has 1 N–H and O–H groups in total. The van der Waals surface area contributed by atoms with Crippen LogP contribution >= 0.6 is 0 Å². The highest BCUT2D eigenvalue weighted by molar-refractivity contribution is 5.87. The molecule has 4 rings (SSSR count). The fourth-order valence-corrected chi connectivity index (χ4v) is 3.95. The second-order valence-electron chi connectivity index (χ2n) is 6.31. The molecule has 1 aliphatic heterocycles. The average Bonchev–Trinajstić information content (AvgIpc) is 3.10. The Bertz CT molecular complexity index is 827. The van der Waals surface area contributed by atoms with Gasteiger partial charge in [-0.05, 0) is 41.7 Å². The molecular formula is C20H18NO3-. The maximum Gasteiger partial charge on any atom is 0.124 e. The minimum Gasteiger partial charge on any atom is -0.545 e. The summed E-state index contributed by atoms with van der Waals surface area (Å²) < 4.78 is 5.54. The Morgan fingerprint density at radius 1 is 1.21 bits per heavy atom. The van der Waals surface area contributed by atoms with Gasteiger partial charge in [-0.3, -0.25) is 0 Å². The molecule has 1 aliphatic carbocycles. The highest BCUT2D eigenvalue weighted by atomic mass is 16.5. The summed E-state index contributed by atoms with van der Waals surface area (Å²) >= 11 is 0. The molecule has 0 spiro atoms. The van der Waals surface area contributed by atoms with Gasteiger partial charge in [-0.25, -0.2) is 0 Å². The number of carbonyl (C=O) groups is 1. The van der Waals surface area contributed by atoms with Gasteiger partial charge < -0.3 is 20.0 Å². The first-order valence-corrected chi connectivity index (χ1v) is 8.10. The third kappa shape index (κ3) is 2.26. The Hall–Kier alpha value is -2.75. The van der Waals surface area contributed by atoms with E-state index in [1.807, 2.05) is 24.3 Å². The molecule has 4 nitrogen and oxygen atoms in total. The van der Waals surface area contributed by atoms with Crippen molar-refractivity contribution < 1.29 is 14.6 Å². The molecule has 2 aromatic carbocycles. The quantitative estimate of drug-likeness (QED) is 0.883. The number of rotatable bonds is 3. The van der Waals surface area contributed by atoms with Gasteiger partial charge in [-0.1, -0.05) is 36.4 Å². The summed E-state index contributed by atoms with van der Waals surface area (Å²) in [6.07, 6.45) is 5.32. The number of carboxylic acids is 1. The van der Waals surface area contributed by atoms with E-state index in [9.17, 15) is 9.90 Å². The van der Waals surface area contributed by atoms with E-state index in [0.29, 0.717) is 5.92 Å². The van der Waals surface area contributed by atoms with Crippen molar-refractivity contribution in [2.45, 2.75) is 18.4 Å². The zero-order chi connectivity index (χ0) is 16.7. The van der Waals surface area contributed by atoms with Crippen molar-refractivity contribution in [3.05, 3.63) is 71.3 Å². The first-order valence-electron chi connectivity index (χ1n) is 8.10. The number of benzene rings is 2. The molecule has 122 valence electrons. The Morgan fingerprint density at radius 3 is 2.83 bits per heavy atom. The first kappa shape index (κ1) is 14.8. The van der Waals surface area contributed by atoms with Crippen molar-refractivity contribution in [2.75, 3.05) is 12.4 Å². The molecule has 0 saturated heterocycles. The van der Waals surface area contributed by atoms with E-state index in [1.165, 1.54) is 0 Å². The smallest absolute Gasteiger partial charge is 0.124 e. The van der Waals surface area contributed by atoms with E-state index in [4.69, 9.17) is 4.74 Å². The van der Waals surface area contributed by atoms with Crippen molar-refractivity contribution in [1.29, 1.82) is 0 Å². The summed E-state index contributed by atoms with van der Waals surface area (Å²) in [5, 5.41) is 14.8. The van der Waals surface area contributed by atoms with Crippen molar-refractivity contribution >= 4 is 11.7 Å². The zero-order valence-electron chi connectivity index (χ0n) is 13.4. The van der Waals surface area contributed by atoms with Crippen LogP contribution in [0, 0.1) is 5.92 Å². The van der Waals surface area contributed by atoms with Crippen molar-refractivity contribution in [1.82, 2.24) is 0 Å². The van der Waals surface area contributed by atoms with E-state index in [-0.39, 0.29) is 17.5 Å². The van der Waals surface area contributed by atoms with Crippen LogP contribution in [-0.2, 0) is 0 Å². The number of allylic oxidation sites excluding steroid dienone is 2. The van der Waals surface area contributed by atoms with Gasteiger partial charge in [0.1, 0.15) is 5.75 Å². The number of methoxy groups -OCH3 is 1. The summed E-state index contributed by atoms with van der Waals surface area (Å²) in [7, 11) is 1.69. The molecule has 3 atom stereocenters. The highest BCUT2D eigenvalue weighted by Gasteiger charge is 2.38. The lowest BCUT2D eigenvalue weighted by molar-refractivity contribution is -0.255. The lowest BCUT2D eigenvalue weighted by Gasteiger charge is -2.38. The Balaban J connectivity index is 1.80. The van der Waals surface area contributed by atoms with Gasteiger partial charge in [0.15, 0.2) is 0 Å². The number of ether oxygens (including phenoxy) is 1. The van der Waals surface area contributed by atoms with E-state index < -0.39 is 5.97 Å². The third-order valence-electron chi connectivity index (χ3n) is 5.07. The number of nitrogens with one attached hydrogen (secondary N) is 1. The summed E-state index contributed by atoms with van der Waals surface area (Å²) in [6, 6.07) is 13.4. The molecule has 0 aromatic heterocycles. The van der Waals surface area contributed by atoms with Crippen LogP contribution in [0.4, 0.5) is 5.69 Å². The van der Waals surface area contributed by atoms with Crippen molar-refractivity contribution in [2.24, 2.45) is 5.92 Å². The van der Waals surface area contributed by atoms with Crippen LogP contribution in [0.15, 0.2) is 54.6 Å². The van der Waals surface area contributed by atoms with E-state index in [1.54, 1.807) is 19.2 Å². The summed E-state index contributed by atoms with van der Waals surface area (Å²) in [6.45, 7) is 0. The number of hydrogen-bond donors (Lipinski definition) is 1. The largest absolute Gasteiger partial charge is 0.545 e. The fraction of sp³-hybridized carbons (Fsp3) is 0.250. The number of hydrogen-bond acceptors (Lipinski definition) is 4. The molecule has 2 aliphatic rings. The van der Waals surface area contributed by atoms with Gasteiger partial charge >= 0.3 is 0 Å². The van der Waals surface area contributed by atoms with Crippen LogP contribution in [-0.4, -0.2) is 13.1 Å². The van der Waals surface area contributed by atoms with Crippen LogP contribution in [0.3, 0.4) is 0 Å². The van der Waals surface area contributed by atoms with Gasteiger partial charge in [-0.2, -0.15) is 0 Å². The van der Waals surface area contributed by atoms with Gasteiger partial charge in [0, 0.05) is 17.2 Å². The monoisotopic (exact) mass is 320 g/mol. The highest BCUT2D eigenvalue weighted by Crippen LogP contribution is 2.51. The predicted molar refractivity (Wildman–Crippen MR) is 90.1 cm³/mol. The topological polar surface area (TPSA) is 61.4 Å². The molecule has 0 unspecified atom stereocenters. The Morgan fingerprint density at radius 2 is 2.04 bits per heavy atom. The molecule has 4 heteroatoms. The maximum absolute atomic E-state index is 11.2. The number of para-hydroxylation sites is 1. The van der Waals surface area contributed by atoms with E-state index >= 15 is 0 Å². The molecule has 24 heavy (non-hydrogen) atoms. The van der Waals surface area contributed by atoms with Crippen molar-refractivity contribution in [3.8, 4) is 5.75 Å². The average molecular weight is 320 g/mol. The van der Waals surface area contributed by atoms with Crippen LogP contribution in [0.5, 0.6) is 5.75 Å². The normalized spacial score (nSPS) is 24.0. The van der Waals surface area contributed by atoms with Gasteiger partial charge in [0.2, 0.25) is 0 Å². The Labute approximate surface area is 140 Å². The minimum absolute atomic E-state index is 0.127. The first-order chi connectivity index (χ1) is 11.7. The minimum atomic E-state index is -1.14. The lowest BCUT2D eigenvalue weighted by Crippen LogP contribution is -2.30. The summed E-state index contributed by atoms with van der Waals surface area (Å²) in [5.74, 6) is 0.278. The second-order valence-corrected chi connectivity index (χ2v) is 6.31. The van der Waals surface area contributed by atoms with Crippen LogP contribution in [0.2, 0.25) is 0 Å². The van der Waals surface area contributed by atoms with E-state index in [2.05, 4.69) is 23.5 Å². The van der Waals surface area contributed by atoms with Gasteiger partial charge in [-0.15, -0.1) is 0 Å². The Kier molecular flexibility index (Phi) is 3.53. The predicted octanol–water partition coefficient (Wildman–Crippen LogP) is 2.89. The number of carboxylic acid groups (broad SMARTS) is 1. The van der Waals surface area contributed by atoms with Crippen LogP contribution < -0.4 is 15.2 Å². The number of fused-ring (bicyclic) bond motifs is 3. The second kappa shape index (κ2) is 5.71. The molecule has 0 saturated carbocycles. The molecule has 0 bridgehead atoms. The number of anilines is 1. The molecular weight excluding hydrogens is 302 g/mol. The molecule has 0 radical (unpaired) electrons. The van der Waals surface area contributed by atoms with Gasteiger partial charge in [0.05, 0.1) is 19.1 Å². The van der Waals surface area contributed by atoms with Crippen molar-refractivity contribution in [3.63, 3.8) is 0 Å². The van der Waals surface area contributed by atoms with Gasteiger partial charge in [0.25, 0.3) is 0 Å². The standard InChI is InChI=1S/C20H19NO3/c1-24-18-8-3-2-5-15(18)19-14-7-4-6-13(14)16-11-12(20(22)23)9-10-17(16)21-19/h2-6,8-11,13-14,19,21H,7H2,1H3,(H,22,23)/p-1/t13-,14-,19-/m1/s1. The number of aromatic carboxylic acids is 1. The molecule has 0 amide bonds. The van der Waals surface area contributed by atoms with Crippen LogP contribution in [0.25, 0.3) is 0 Å². The fourth-order valence-electron chi connectivity index (χ4n) is 3.95. The zero-order valence-corrected chi connectivity index (χ0v) is 13.4. The molecule has 2 aromatic rings. The SMILES string of the molecule is COc1ccccc1[C@@H]1Nc2ccc(C(=O)[O-])cc2[C@@H]2C=CC[C@H]21. The molecule has 0 fully saturated rings. The lowest BCUT2D eigenvalue weighted by atomic mass is 9.76. The summed E-state index contributed by atoms with van der Waals surface area (Å²) in [4.78, 5) is 11.2. The third-order valence-corrected chi connectivity index (χ3v) is 5.07. The van der Waals surface area contributed by atoms with Crippen LogP contribution in [0.1, 0.15) is 39.9 Å². The van der Waals surface area contributed by atoms with E-state index in [0.717, 1.165) is 29.0 Å². The molecule has 1 heterocycles.